The highest BCUT2D eigenvalue weighted by atomic mass is 32.1. The summed E-state index contributed by atoms with van der Waals surface area (Å²) in [7, 11) is 0. The van der Waals surface area contributed by atoms with Crippen molar-refractivity contribution in [2.45, 2.75) is 32.4 Å². The van der Waals surface area contributed by atoms with Crippen LogP contribution >= 0.6 is 22.7 Å². The molecule has 0 spiro atoms. The molecule has 0 aromatic carbocycles. The fraction of sp³-hybridized carbons (Fsp3) is 0.353. The number of hydrogen-bond donors (Lipinski definition) is 0. The van der Waals surface area contributed by atoms with Gasteiger partial charge in [0.25, 0.3) is 0 Å². The molecule has 22 heavy (non-hydrogen) atoms. The molecular weight excluding hydrogens is 312 g/mol. The van der Waals surface area contributed by atoms with Crippen LogP contribution in [0.5, 0.6) is 0 Å². The van der Waals surface area contributed by atoms with Gasteiger partial charge in [-0.2, -0.15) is 0 Å². The van der Waals surface area contributed by atoms with Crippen molar-refractivity contribution in [3.63, 3.8) is 0 Å². The van der Waals surface area contributed by atoms with E-state index in [0.29, 0.717) is 6.04 Å². The van der Waals surface area contributed by atoms with Crippen LogP contribution in [0.1, 0.15) is 35.2 Å². The summed E-state index contributed by atoms with van der Waals surface area (Å²) < 4.78 is 5.87. The number of thiophene rings is 2. The van der Waals surface area contributed by atoms with Crippen molar-refractivity contribution in [2.24, 2.45) is 0 Å². The number of oxazole rings is 1. The van der Waals surface area contributed by atoms with Crippen molar-refractivity contribution in [3.8, 4) is 10.8 Å². The van der Waals surface area contributed by atoms with Crippen LogP contribution in [-0.4, -0.2) is 16.4 Å². The molecule has 4 heterocycles. The lowest BCUT2D eigenvalue weighted by molar-refractivity contribution is 0.247. The molecule has 0 saturated carbocycles. The third-order valence-electron chi connectivity index (χ3n) is 4.21. The van der Waals surface area contributed by atoms with Crippen molar-refractivity contribution in [1.82, 2.24) is 9.88 Å². The molecular formula is C17H18N2OS2. The molecule has 3 aromatic rings. The Morgan fingerprint density at radius 3 is 2.91 bits per heavy atom. The van der Waals surface area contributed by atoms with Gasteiger partial charge in [-0.05, 0) is 49.2 Å². The number of aromatic nitrogens is 1. The Labute approximate surface area is 138 Å². The highest BCUT2D eigenvalue weighted by Gasteiger charge is 2.28. The van der Waals surface area contributed by atoms with Gasteiger partial charge in [-0.1, -0.05) is 12.1 Å². The predicted octanol–water partition coefficient (Wildman–Crippen LogP) is 5.11. The largest absolute Gasteiger partial charge is 0.440 e. The van der Waals surface area contributed by atoms with Crippen molar-refractivity contribution in [3.05, 3.63) is 51.4 Å². The first kappa shape index (κ1) is 14.2. The van der Waals surface area contributed by atoms with E-state index in [9.17, 15) is 0 Å². The Morgan fingerprint density at radius 2 is 2.14 bits per heavy atom. The lowest BCUT2D eigenvalue weighted by atomic mass is 10.2. The Kier molecular flexibility index (Phi) is 3.86. The zero-order valence-electron chi connectivity index (χ0n) is 12.5. The molecule has 1 aliphatic rings. The zero-order chi connectivity index (χ0) is 14.9. The molecule has 1 fully saturated rings. The van der Waals surface area contributed by atoms with Crippen molar-refractivity contribution >= 4 is 22.7 Å². The maximum atomic E-state index is 5.87. The van der Waals surface area contributed by atoms with Crippen LogP contribution in [-0.2, 0) is 6.54 Å². The number of likely N-dealkylation sites (tertiary alicyclic amines) is 1. The monoisotopic (exact) mass is 330 g/mol. The van der Waals surface area contributed by atoms with E-state index in [1.165, 1.54) is 17.7 Å². The Balaban J connectivity index is 1.56. The molecule has 5 heteroatoms. The van der Waals surface area contributed by atoms with E-state index >= 15 is 0 Å². The summed E-state index contributed by atoms with van der Waals surface area (Å²) in [6.45, 7) is 4.04. The summed E-state index contributed by atoms with van der Waals surface area (Å²) >= 11 is 3.53. The smallest absolute Gasteiger partial charge is 0.236 e. The summed E-state index contributed by atoms with van der Waals surface area (Å²) in [6.07, 6.45) is 2.51. The lowest BCUT2D eigenvalue weighted by Gasteiger charge is -2.22. The maximum Gasteiger partial charge on any atom is 0.236 e. The molecule has 1 atom stereocenters. The second kappa shape index (κ2) is 5.99. The van der Waals surface area contributed by atoms with Gasteiger partial charge in [0, 0.05) is 17.5 Å². The second-order valence-electron chi connectivity index (χ2n) is 5.64. The zero-order valence-corrected chi connectivity index (χ0v) is 14.1. The van der Waals surface area contributed by atoms with Crippen LogP contribution < -0.4 is 0 Å². The van der Waals surface area contributed by atoms with E-state index in [-0.39, 0.29) is 0 Å². The molecule has 114 valence electrons. The summed E-state index contributed by atoms with van der Waals surface area (Å²) in [5.74, 6) is 1.70. The molecule has 3 aromatic heterocycles. The third-order valence-corrected chi connectivity index (χ3v) is 6.04. The van der Waals surface area contributed by atoms with Gasteiger partial charge in [-0.25, -0.2) is 4.98 Å². The average Bonchev–Trinajstić information content (AvgIpc) is 3.27. The Morgan fingerprint density at radius 1 is 1.27 bits per heavy atom. The van der Waals surface area contributed by atoms with Gasteiger partial charge in [0.15, 0.2) is 0 Å². The van der Waals surface area contributed by atoms with Gasteiger partial charge in [-0.3, -0.25) is 4.90 Å². The number of rotatable bonds is 4. The minimum atomic E-state index is 0.543. The highest BCUT2D eigenvalue weighted by Crippen LogP contribution is 2.36. The van der Waals surface area contributed by atoms with Crippen molar-refractivity contribution in [1.29, 1.82) is 0 Å². The van der Waals surface area contributed by atoms with E-state index < -0.39 is 0 Å². The number of hydrogen-bond acceptors (Lipinski definition) is 5. The summed E-state index contributed by atoms with van der Waals surface area (Å²) in [5, 5.41) is 4.23. The average molecular weight is 330 g/mol. The van der Waals surface area contributed by atoms with E-state index in [1.54, 1.807) is 11.3 Å². The molecule has 0 radical (unpaired) electrons. The molecule has 1 saturated heterocycles. The molecule has 3 nitrogen and oxygen atoms in total. The molecule has 1 aliphatic heterocycles. The van der Waals surface area contributed by atoms with Gasteiger partial charge in [-0.15, -0.1) is 22.7 Å². The van der Waals surface area contributed by atoms with Crippen LogP contribution in [0.15, 0.2) is 39.4 Å². The molecule has 0 amide bonds. The standard InChI is InChI=1S/C17H18N2OS2/c1-12-13(18-17(20-12)16-7-4-10-22-16)11-19-8-2-5-14(19)15-6-3-9-21-15/h3-4,6-7,9-10,14H,2,5,8,11H2,1H3/t14-/m1/s1. The number of aryl methyl sites for hydroxylation is 1. The summed E-state index contributed by atoms with van der Waals surface area (Å²) in [4.78, 5) is 9.85. The normalized spacial score (nSPS) is 19.0. The van der Waals surface area contributed by atoms with E-state index in [2.05, 4.69) is 33.9 Å². The van der Waals surface area contributed by atoms with Gasteiger partial charge < -0.3 is 4.42 Å². The quantitative estimate of drug-likeness (QED) is 0.665. The number of nitrogens with zero attached hydrogens (tertiary/aromatic N) is 2. The maximum absolute atomic E-state index is 5.87. The van der Waals surface area contributed by atoms with E-state index in [0.717, 1.165) is 35.3 Å². The van der Waals surface area contributed by atoms with E-state index in [4.69, 9.17) is 9.40 Å². The SMILES string of the molecule is Cc1oc(-c2cccs2)nc1CN1CCC[C@@H]1c1cccs1. The molecule has 4 rings (SSSR count). The van der Waals surface area contributed by atoms with Crippen LogP contribution in [0.3, 0.4) is 0 Å². The summed E-state index contributed by atoms with van der Waals surface area (Å²) in [5.41, 5.74) is 1.08. The highest BCUT2D eigenvalue weighted by molar-refractivity contribution is 7.13. The predicted molar refractivity (Wildman–Crippen MR) is 91.3 cm³/mol. The topological polar surface area (TPSA) is 29.3 Å². The van der Waals surface area contributed by atoms with Crippen LogP contribution in [0.4, 0.5) is 0 Å². The summed E-state index contributed by atoms with van der Waals surface area (Å²) in [6, 6.07) is 9.03. The minimum Gasteiger partial charge on any atom is -0.440 e. The van der Waals surface area contributed by atoms with E-state index in [1.807, 2.05) is 24.3 Å². The molecule has 0 N–H and O–H groups in total. The fourth-order valence-corrected chi connectivity index (χ4v) is 4.64. The lowest BCUT2D eigenvalue weighted by Crippen LogP contribution is -2.22. The van der Waals surface area contributed by atoms with Crippen LogP contribution in [0.25, 0.3) is 10.8 Å². The van der Waals surface area contributed by atoms with Crippen LogP contribution in [0.2, 0.25) is 0 Å². The second-order valence-corrected chi connectivity index (χ2v) is 7.57. The fourth-order valence-electron chi connectivity index (χ4n) is 3.09. The van der Waals surface area contributed by atoms with Gasteiger partial charge in [0.2, 0.25) is 5.89 Å². The first-order valence-corrected chi connectivity index (χ1v) is 9.35. The Hall–Kier alpha value is -1.43. The molecule has 0 unspecified atom stereocenters. The first-order valence-electron chi connectivity index (χ1n) is 7.59. The van der Waals surface area contributed by atoms with Crippen molar-refractivity contribution < 1.29 is 4.42 Å². The molecule has 0 aliphatic carbocycles. The first-order chi connectivity index (χ1) is 10.8. The third kappa shape index (κ3) is 2.64. The van der Waals surface area contributed by atoms with Gasteiger partial charge >= 0.3 is 0 Å². The molecule has 0 bridgehead atoms. The Bertz CT molecular complexity index is 731. The van der Waals surface area contributed by atoms with Crippen molar-refractivity contribution in [2.75, 3.05) is 6.54 Å². The minimum absolute atomic E-state index is 0.543. The van der Waals surface area contributed by atoms with Gasteiger partial charge in [0.1, 0.15) is 5.76 Å². The van der Waals surface area contributed by atoms with Gasteiger partial charge in [0.05, 0.1) is 10.6 Å². The van der Waals surface area contributed by atoms with Crippen LogP contribution in [0, 0.1) is 6.92 Å².